The molecule has 2 bridgehead atoms. The van der Waals surface area contributed by atoms with Crippen LogP contribution >= 0.6 is 31.9 Å². The number of benzene rings is 1. The van der Waals surface area contributed by atoms with Crippen molar-refractivity contribution in [2.24, 2.45) is 28.8 Å². The number of hydrogen-bond acceptors (Lipinski definition) is 5. The van der Waals surface area contributed by atoms with Gasteiger partial charge in [0.1, 0.15) is 11.8 Å². The van der Waals surface area contributed by atoms with E-state index in [2.05, 4.69) is 49.1 Å². The minimum atomic E-state index is -0.255. The molecule has 4 atom stereocenters. The topological polar surface area (TPSA) is 82.8 Å². The Morgan fingerprint density at radius 1 is 1.19 bits per heavy atom. The molecule has 2 amide bonds. The fraction of sp³-hybridized carbons (Fsp3) is 0.333. The Morgan fingerprint density at radius 2 is 1.77 bits per heavy atom. The van der Waals surface area contributed by atoms with Gasteiger partial charge in [0.2, 0.25) is 0 Å². The molecule has 26 heavy (non-hydrogen) atoms. The average molecular weight is 479 g/mol. The zero-order chi connectivity index (χ0) is 18.4. The molecule has 132 valence electrons. The zero-order valence-corrected chi connectivity index (χ0v) is 16.6. The Morgan fingerprint density at radius 3 is 2.31 bits per heavy atom. The molecule has 8 heteroatoms. The van der Waals surface area contributed by atoms with E-state index in [4.69, 9.17) is 10.00 Å². The van der Waals surface area contributed by atoms with Crippen molar-refractivity contribution < 1.29 is 14.3 Å². The lowest BCUT2D eigenvalue weighted by Crippen LogP contribution is -2.28. The van der Waals surface area contributed by atoms with Crippen LogP contribution in [-0.2, 0) is 9.59 Å². The number of allylic oxidation sites excluding steroid dienone is 2. The van der Waals surface area contributed by atoms with Gasteiger partial charge in [-0.1, -0.05) is 12.2 Å². The second kappa shape index (κ2) is 6.63. The summed E-state index contributed by atoms with van der Waals surface area (Å²) in [6.07, 6.45) is 6.49. The van der Waals surface area contributed by atoms with E-state index in [0.29, 0.717) is 20.3 Å². The van der Waals surface area contributed by atoms with Crippen LogP contribution < -0.4 is 4.74 Å². The van der Waals surface area contributed by atoms with Crippen molar-refractivity contribution in [3.8, 4) is 11.8 Å². The highest BCUT2D eigenvalue weighted by molar-refractivity contribution is 9.11. The number of carbonyl (C=O) groups excluding carboxylic acids is 2. The maximum Gasteiger partial charge on any atom is 0.254 e. The number of rotatable bonds is 4. The molecule has 1 aromatic rings. The predicted molar refractivity (Wildman–Crippen MR) is 100 cm³/mol. The summed E-state index contributed by atoms with van der Waals surface area (Å²) in [5, 5.41) is 13.8. The summed E-state index contributed by atoms with van der Waals surface area (Å²) >= 11 is 6.77. The molecule has 2 fully saturated rings. The van der Waals surface area contributed by atoms with Crippen molar-refractivity contribution in [3.63, 3.8) is 0 Å². The number of halogens is 2. The highest BCUT2D eigenvalue weighted by atomic mass is 79.9. The second-order valence-corrected chi connectivity index (χ2v) is 8.20. The van der Waals surface area contributed by atoms with Crippen molar-refractivity contribution in [1.29, 1.82) is 5.26 Å². The summed E-state index contributed by atoms with van der Waals surface area (Å²) in [6, 6.07) is 5.41. The molecule has 1 saturated heterocycles. The van der Waals surface area contributed by atoms with Gasteiger partial charge in [0.15, 0.2) is 6.61 Å². The number of carbonyl (C=O) groups is 2. The molecular weight excluding hydrogens is 466 g/mol. The van der Waals surface area contributed by atoms with Crippen molar-refractivity contribution in [2.45, 2.75) is 6.42 Å². The van der Waals surface area contributed by atoms with E-state index in [-0.39, 0.29) is 42.1 Å². The van der Waals surface area contributed by atoms with Crippen LogP contribution in [0.4, 0.5) is 0 Å². The SMILES string of the molecule is N#CCOc1c(Br)cc(C=NN2C(=O)[C@@H]3[C@H](C2=O)[C@H]2C=C[C@H]3C2)cc1Br. The van der Waals surface area contributed by atoms with Gasteiger partial charge >= 0.3 is 0 Å². The van der Waals surface area contributed by atoms with E-state index in [1.165, 1.54) is 6.21 Å². The summed E-state index contributed by atoms with van der Waals surface area (Å²) < 4.78 is 6.62. The van der Waals surface area contributed by atoms with Crippen LogP contribution in [0.15, 0.2) is 38.3 Å². The molecule has 1 aliphatic heterocycles. The van der Waals surface area contributed by atoms with E-state index >= 15 is 0 Å². The van der Waals surface area contributed by atoms with Gasteiger partial charge in [-0.05, 0) is 67.8 Å². The third-order valence-corrected chi connectivity index (χ3v) is 6.25. The van der Waals surface area contributed by atoms with Gasteiger partial charge in [0.25, 0.3) is 11.8 Å². The first kappa shape index (κ1) is 17.4. The van der Waals surface area contributed by atoms with Gasteiger partial charge in [-0.3, -0.25) is 9.59 Å². The Labute approximate surface area is 166 Å². The van der Waals surface area contributed by atoms with Crippen LogP contribution in [0.2, 0.25) is 0 Å². The Balaban J connectivity index is 1.55. The monoisotopic (exact) mass is 477 g/mol. The number of imide groups is 1. The lowest BCUT2D eigenvalue weighted by molar-refractivity contribution is -0.140. The van der Waals surface area contributed by atoms with Gasteiger partial charge in [-0.2, -0.15) is 15.4 Å². The average Bonchev–Trinajstić information content (AvgIpc) is 3.27. The smallest absolute Gasteiger partial charge is 0.254 e. The first-order chi connectivity index (χ1) is 12.5. The van der Waals surface area contributed by atoms with Gasteiger partial charge < -0.3 is 4.74 Å². The maximum absolute atomic E-state index is 12.6. The minimum Gasteiger partial charge on any atom is -0.476 e. The number of hydrogen-bond donors (Lipinski definition) is 0. The summed E-state index contributed by atoms with van der Waals surface area (Å²) in [4.78, 5) is 25.2. The second-order valence-electron chi connectivity index (χ2n) is 6.49. The van der Waals surface area contributed by atoms with Gasteiger partial charge in [-0.25, -0.2) is 0 Å². The molecule has 0 N–H and O–H groups in total. The third kappa shape index (κ3) is 2.70. The number of amides is 2. The molecule has 0 unspecified atom stereocenters. The molecule has 1 saturated carbocycles. The molecular formula is C18H13Br2N3O3. The summed E-state index contributed by atoms with van der Waals surface area (Å²) in [6.45, 7) is -0.0689. The molecule has 1 aromatic carbocycles. The van der Waals surface area contributed by atoms with Crippen LogP contribution in [0.1, 0.15) is 12.0 Å². The molecule has 0 spiro atoms. The molecule has 0 aromatic heterocycles. The summed E-state index contributed by atoms with van der Waals surface area (Å²) in [5.74, 6) is -0.0811. The lowest BCUT2D eigenvalue weighted by atomic mass is 9.85. The Bertz CT molecular complexity index is 852. The van der Waals surface area contributed by atoms with Crippen molar-refractivity contribution in [3.05, 3.63) is 38.8 Å². The standard InChI is InChI=1S/C18H13Br2N3O3/c19-12-5-9(6-13(20)16(12)26-4-3-21)8-22-23-17(24)14-10-1-2-11(7-10)15(14)18(23)25/h1-2,5-6,8,10-11,14-15H,4,7H2/t10-,11-,14-,15+/m0/s1. The van der Waals surface area contributed by atoms with E-state index in [0.717, 1.165) is 11.4 Å². The van der Waals surface area contributed by atoms with Crippen molar-refractivity contribution >= 4 is 49.9 Å². The highest BCUT2D eigenvalue weighted by Gasteiger charge is 2.59. The number of hydrazone groups is 1. The van der Waals surface area contributed by atoms with Gasteiger partial charge in [0, 0.05) is 0 Å². The largest absolute Gasteiger partial charge is 0.476 e. The van der Waals surface area contributed by atoms with Crippen LogP contribution in [0.25, 0.3) is 0 Å². The predicted octanol–water partition coefficient (Wildman–Crippen LogP) is 3.25. The van der Waals surface area contributed by atoms with Gasteiger partial charge in [-0.15, -0.1) is 0 Å². The number of nitrogens with zero attached hydrogens (tertiary/aromatic N) is 3. The van der Waals surface area contributed by atoms with Crippen LogP contribution in [0.5, 0.6) is 5.75 Å². The Hall–Kier alpha value is -1.98. The Kier molecular flexibility index (Phi) is 4.45. The number of fused-ring (bicyclic) bond motifs is 5. The molecule has 1 heterocycles. The fourth-order valence-electron chi connectivity index (χ4n) is 4.02. The molecule has 6 nitrogen and oxygen atoms in total. The third-order valence-electron chi connectivity index (χ3n) is 5.07. The van der Waals surface area contributed by atoms with Gasteiger partial charge in [0.05, 0.1) is 27.0 Å². The highest BCUT2D eigenvalue weighted by Crippen LogP contribution is 2.52. The lowest BCUT2D eigenvalue weighted by Gasteiger charge is -2.13. The van der Waals surface area contributed by atoms with Crippen LogP contribution in [0, 0.1) is 35.0 Å². The first-order valence-corrected chi connectivity index (χ1v) is 9.68. The molecule has 0 radical (unpaired) electrons. The quantitative estimate of drug-likeness (QED) is 0.377. The van der Waals surface area contributed by atoms with E-state index in [9.17, 15) is 9.59 Å². The van der Waals surface area contributed by atoms with Crippen LogP contribution in [-0.4, -0.2) is 29.6 Å². The summed E-state index contributed by atoms with van der Waals surface area (Å²) in [7, 11) is 0. The van der Waals surface area contributed by atoms with E-state index in [1.807, 2.05) is 6.07 Å². The molecule has 3 aliphatic rings. The van der Waals surface area contributed by atoms with E-state index < -0.39 is 0 Å². The number of nitriles is 1. The minimum absolute atomic E-state index is 0.0689. The van der Waals surface area contributed by atoms with Crippen molar-refractivity contribution in [2.75, 3.05) is 6.61 Å². The molecule has 2 aliphatic carbocycles. The number of ether oxygens (including phenoxy) is 1. The molecule has 4 rings (SSSR count). The fourth-order valence-corrected chi connectivity index (χ4v) is 5.47. The normalized spacial score (nSPS) is 28.9. The maximum atomic E-state index is 12.6. The zero-order valence-electron chi connectivity index (χ0n) is 13.4. The first-order valence-electron chi connectivity index (χ1n) is 8.10. The summed E-state index contributed by atoms with van der Waals surface area (Å²) in [5.41, 5.74) is 0.687. The van der Waals surface area contributed by atoms with Crippen molar-refractivity contribution in [1.82, 2.24) is 5.01 Å². The van der Waals surface area contributed by atoms with Crippen LogP contribution in [0.3, 0.4) is 0 Å². The van der Waals surface area contributed by atoms with E-state index in [1.54, 1.807) is 12.1 Å².